The van der Waals surface area contributed by atoms with Crippen LogP contribution in [0.25, 0.3) is 21.9 Å². The van der Waals surface area contributed by atoms with Gasteiger partial charge in [0, 0.05) is 0 Å². The summed E-state index contributed by atoms with van der Waals surface area (Å²) in [6.07, 6.45) is 3.47. The molecular formula is C21H16. The number of allylic oxidation sites excluding steroid dienone is 2. The Morgan fingerprint density at radius 1 is 0.619 bits per heavy atom. The highest BCUT2D eigenvalue weighted by Gasteiger charge is 2.28. The van der Waals surface area contributed by atoms with Crippen molar-refractivity contribution in [3.05, 3.63) is 82.9 Å². The van der Waals surface area contributed by atoms with Crippen LogP contribution in [0, 0.1) is 0 Å². The van der Waals surface area contributed by atoms with E-state index in [0.717, 1.165) is 6.42 Å². The predicted molar refractivity (Wildman–Crippen MR) is 89.2 cm³/mol. The first-order valence-corrected chi connectivity index (χ1v) is 7.73. The third-order valence-electron chi connectivity index (χ3n) is 5.04. The fourth-order valence-electron chi connectivity index (χ4n) is 4.09. The number of fused-ring (bicyclic) bond motifs is 6. The molecule has 0 aromatic heterocycles. The molecule has 0 atom stereocenters. The maximum atomic E-state index is 2.33. The highest BCUT2D eigenvalue weighted by molar-refractivity contribution is 6.07. The molecule has 0 N–H and O–H groups in total. The van der Waals surface area contributed by atoms with E-state index in [9.17, 15) is 0 Å². The molecule has 100 valence electrons. The molecule has 5 rings (SSSR count). The predicted octanol–water partition coefficient (Wildman–Crippen LogP) is 5.25. The third-order valence-corrected chi connectivity index (χ3v) is 5.04. The van der Waals surface area contributed by atoms with Gasteiger partial charge in [0.1, 0.15) is 0 Å². The van der Waals surface area contributed by atoms with Gasteiger partial charge in [-0.1, -0.05) is 60.7 Å². The summed E-state index contributed by atoms with van der Waals surface area (Å²) in [7, 11) is 0. The van der Waals surface area contributed by atoms with Crippen molar-refractivity contribution < 1.29 is 0 Å². The average Bonchev–Trinajstić information content (AvgIpc) is 2.94. The first kappa shape index (κ1) is 11.3. The van der Waals surface area contributed by atoms with E-state index in [4.69, 9.17) is 0 Å². The molecule has 0 bridgehead atoms. The molecule has 0 spiro atoms. The quantitative estimate of drug-likeness (QED) is 0.522. The Labute approximate surface area is 124 Å². The number of hydrogen-bond donors (Lipinski definition) is 0. The second-order valence-electron chi connectivity index (χ2n) is 6.11. The second kappa shape index (κ2) is 4.08. The number of hydrogen-bond acceptors (Lipinski definition) is 0. The topological polar surface area (TPSA) is 0 Å². The lowest BCUT2D eigenvalue weighted by atomic mass is 9.85. The molecule has 21 heavy (non-hydrogen) atoms. The lowest BCUT2D eigenvalue weighted by molar-refractivity contribution is 0.997. The van der Waals surface area contributed by atoms with Gasteiger partial charge in [-0.3, -0.25) is 0 Å². The molecule has 2 aliphatic rings. The summed E-state index contributed by atoms with van der Waals surface area (Å²) in [6.45, 7) is 0. The maximum absolute atomic E-state index is 2.33. The van der Waals surface area contributed by atoms with Crippen molar-refractivity contribution in [1.29, 1.82) is 0 Å². The van der Waals surface area contributed by atoms with E-state index in [1.54, 1.807) is 11.1 Å². The van der Waals surface area contributed by atoms with Gasteiger partial charge in [0.2, 0.25) is 0 Å². The van der Waals surface area contributed by atoms with Crippen LogP contribution in [0.2, 0.25) is 0 Å². The first-order chi connectivity index (χ1) is 10.4. The summed E-state index contributed by atoms with van der Waals surface area (Å²) in [5, 5.41) is 2.79. The molecule has 0 saturated carbocycles. The molecule has 0 heteroatoms. The zero-order valence-electron chi connectivity index (χ0n) is 11.9. The van der Waals surface area contributed by atoms with Gasteiger partial charge in [-0.25, -0.2) is 0 Å². The molecule has 0 unspecified atom stereocenters. The van der Waals surface area contributed by atoms with Crippen molar-refractivity contribution in [3.63, 3.8) is 0 Å². The lowest BCUT2D eigenvalue weighted by Crippen LogP contribution is -2.01. The number of rotatable bonds is 0. The summed E-state index contributed by atoms with van der Waals surface area (Å²) in [4.78, 5) is 0. The Morgan fingerprint density at radius 3 is 2.48 bits per heavy atom. The Balaban J connectivity index is 1.83. The van der Waals surface area contributed by atoms with Crippen LogP contribution in [0.1, 0.15) is 28.7 Å². The van der Waals surface area contributed by atoms with Gasteiger partial charge in [0.15, 0.2) is 0 Å². The van der Waals surface area contributed by atoms with Gasteiger partial charge in [-0.05, 0) is 63.4 Å². The molecule has 2 aliphatic carbocycles. The molecule has 0 nitrogen and oxygen atoms in total. The van der Waals surface area contributed by atoms with Crippen LogP contribution < -0.4 is 0 Å². The lowest BCUT2D eigenvalue weighted by Gasteiger charge is -2.19. The van der Waals surface area contributed by atoms with Crippen molar-refractivity contribution in [1.82, 2.24) is 0 Å². The van der Waals surface area contributed by atoms with Crippen LogP contribution in [0.15, 0.2) is 60.7 Å². The summed E-state index contributed by atoms with van der Waals surface area (Å²) in [5.41, 5.74) is 9.21. The zero-order valence-corrected chi connectivity index (χ0v) is 11.9. The first-order valence-electron chi connectivity index (χ1n) is 7.73. The summed E-state index contributed by atoms with van der Waals surface area (Å²) >= 11 is 0. The Morgan fingerprint density at radius 2 is 1.48 bits per heavy atom. The second-order valence-corrected chi connectivity index (χ2v) is 6.11. The van der Waals surface area contributed by atoms with Gasteiger partial charge in [-0.15, -0.1) is 0 Å². The van der Waals surface area contributed by atoms with E-state index in [-0.39, 0.29) is 0 Å². The van der Waals surface area contributed by atoms with Gasteiger partial charge in [0.25, 0.3) is 0 Å². The molecule has 3 aromatic rings. The fourth-order valence-corrected chi connectivity index (χ4v) is 4.09. The standard InChI is InChI=1S/C21H16/c1-3-7-17-14(5-1)11-12-19-20(17)13-16-10-9-15-6-2-4-8-18(15)21(16)19/h1-10H,11-13H2. The smallest absolute Gasteiger partial charge is 0.00105 e. The summed E-state index contributed by atoms with van der Waals surface area (Å²) < 4.78 is 0. The van der Waals surface area contributed by atoms with Crippen molar-refractivity contribution in [2.45, 2.75) is 19.3 Å². The van der Waals surface area contributed by atoms with Gasteiger partial charge in [-0.2, -0.15) is 0 Å². The van der Waals surface area contributed by atoms with E-state index in [1.165, 1.54) is 45.9 Å². The minimum atomic E-state index is 1.10. The number of aryl methyl sites for hydroxylation is 1. The molecule has 0 fully saturated rings. The zero-order chi connectivity index (χ0) is 13.8. The summed E-state index contributed by atoms with van der Waals surface area (Å²) in [5.74, 6) is 0. The SMILES string of the molecule is c1ccc2c(c1)CCC1=C2Cc2ccc3ccccc3c21. The van der Waals surface area contributed by atoms with E-state index in [1.807, 2.05) is 0 Å². The molecule has 3 aromatic carbocycles. The average molecular weight is 268 g/mol. The van der Waals surface area contributed by atoms with E-state index >= 15 is 0 Å². The Kier molecular flexibility index (Phi) is 2.20. The van der Waals surface area contributed by atoms with E-state index < -0.39 is 0 Å². The number of benzene rings is 3. The normalized spacial score (nSPS) is 15.8. The van der Waals surface area contributed by atoms with E-state index in [0.29, 0.717) is 0 Å². The largest absolute Gasteiger partial charge is 0.0620 e. The van der Waals surface area contributed by atoms with Gasteiger partial charge >= 0.3 is 0 Å². The van der Waals surface area contributed by atoms with Crippen LogP contribution in [-0.4, -0.2) is 0 Å². The third kappa shape index (κ3) is 1.50. The minimum absolute atomic E-state index is 1.10. The maximum Gasteiger partial charge on any atom is -0.00105 e. The highest BCUT2D eigenvalue weighted by Crippen LogP contribution is 2.47. The van der Waals surface area contributed by atoms with Crippen molar-refractivity contribution >= 4 is 21.9 Å². The van der Waals surface area contributed by atoms with Crippen LogP contribution in [0.4, 0.5) is 0 Å². The van der Waals surface area contributed by atoms with Crippen LogP contribution in [0.5, 0.6) is 0 Å². The van der Waals surface area contributed by atoms with E-state index in [2.05, 4.69) is 60.7 Å². The minimum Gasteiger partial charge on any atom is -0.0620 e. The Bertz CT molecular complexity index is 912. The van der Waals surface area contributed by atoms with Crippen molar-refractivity contribution in [2.24, 2.45) is 0 Å². The fraction of sp³-hybridized carbons (Fsp3) is 0.143. The molecule has 0 radical (unpaired) electrons. The van der Waals surface area contributed by atoms with Crippen LogP contribution in [-0.2, 0) is 12.8 Å². The summed E-state index contributed by atoms with van der Waals surface area (Å²) in [6, 6.07) is 22.4. The van der Waals surface area contributed by atoms with Gasteiger partial charge < -0.3 is 0 Å². The molecule has 0 saturated heterocycles. The molecule has 0 heterocycles. The van der Waals surface area contributed by atoms with Crippen molar-refractivity contribution in [2.75, 3.05) is 0 Å². The molecule has 0 amide bonds. The highest BCUT2D eigenvalue weighted by atomic mass is 14.3. The van der Waals surface area contributed by atoms with Crippen LogP contribution in [0.3, 0.4) is 0 Å². The van der Waals surface area contributed by atoms with Crippen molar-refractivity contribution in [3.8, 4) is 0 Å². The monoisotopic (exact) mass is 268 g/mol. The Hall–Kier alpha value is -2.34. The van der Waals surface area contributed by atoms with Crippen LogP contribution >= 0.6 is 0 Å². The molecular weight excluding hydrogens is 252 g/mol. The van der Waals surface area contributed by atoms with Gasteiger partial charge in [0.05, 0.1) is 0 Å². The molecule has 0 aliphatic heterocycles.